The van der Waals surface area contributed by atoms with E-state index in [4.69, 9.17) is 9.47 Å². The van der Waals surface area contributed by atoms with Gasteiger partial charge >= 0.3 is 0 Å². The van der Waals surface area contributed by atoms with Gasteiger partial charge in [-0.1, -0.05) is 131 Å². The van der Waals surface area contributed by atoms with E-state index in [1.807, 2.05) is 146 Å². The number of nitrogens with zero attached hydrogens (tertiary/aromatic N) is 8. The number of hydrogen-bond acceptors (Lipinski definition) is 9. The first-order valence-electron chi connectivity index (χ1n) is 20.0. The number of carbonyl (C=O) groups is 1. The second kappa shape index (κ2) is 19.0. The summed E-state index contributed by atoms with van der Waals surface area (Å²) in [6, 6.07) is 59.9. The zero-order valence-corrected chi connectivity index (χ0v) is 37.1. The van der Waals surface area contributed by atoms with Crippen molar-refractivity contribution in [2.24, 2.45) is 0 Å². The first-order valence-corrected chi connectivity index (χ1v) is 20.0. The van der Waals surface area contributed by atoms with Gasteiger partial charge in [-0.3, -0.25) is 4.79 Å². The molecular weight excluding hydrogens is 981 g/mol. The summed E-state index contributed by atoms with van der Waals surface area (Å²) in [5.41, 5.74) is 7.10. The van der Waals surface area contributed by atoms with Crippen LogP contribution < -0.4 is 9.47 Å². The molecule has 0 saturated carbocycles. The molecule has 3 aromatic heterocycles. The number of rotatable bonds is 7. The molecule has 0 aliphatic carbocycles. The van der Waals surface area contributed by atoms with Crippen LogP contribution in [0.2, 0.25) is 0 Å². The molecule has 3 heterocycles. The number of para-hydroxylation sites is 1. The number of hydrogen-bond donors (Lipinski definition) is 1. The van der Waals surface area contributed by atoms with Crippen LogP contribution in [0.15, 0.2) is 170 Å². The van der Waals surface area contributed by atoms with Gasteiger partial charge in [0, 0.05) is 37.2 Å². The molecule has 0 fully saturated rings. The molecular formula is C51H38IrN8O4-2. The Morgan fingerprint density at radius 2 is 0.891 bits per heavy atom. The number of methoxy groups -OCH3 is 2. The number of fused-ring (bicyclic) bond motifs is 4. The number of ketones is 1. The Kier molecular flexibility index (Phi) is 12.6. The monoisotopic (exact) mass is 1020 g/mol. The van der Waals surface area contributed by atoms with Crippen LogP contribution in [0.3, 0.4) is 0 Å². The van der Waals surface area contributed by atoms with Crippen LogP contribution in [0, 0.1) is 19.1 Å². The summed E-state index contributed by atoms with van der Waals surface area (Å²) < 4.78 is 12.2. The van der Waals surface area contributed by atoms with E-state index in [0.717, 1.165) is 66.5 Å². The van der Waals surface area contributed by atoms with E-state index in [0.29, 0.717) is 16.9 Å². The molecule has 1 N–H and O–H groups in total. The van der Waals surface area contributed by atoms with E-state index in [1.165, 1.54) is 4.68 Å². The first kappa shape index (κ1) is 42.7. The maximum absolute atomic E-state index is 12.5. The fourth-order valence-electron chi connectivity index (χ4n) is 7.24. The van der Waals surface area contributed by atoms with E-state index in [2.05, 4.69) is 37.6 Å². The number of aryl methyl sites for hydroxylation is 1. The molecule has 0 aliphatic heterocycles. The van der Waals surface area contributed by atoms with E-state index in [9.17, 15) is 9.90 Å². The predicted octanol–water partition coefficient (Wildman–Crippen LogP) is 9.88. The molecule has 0 bridgehead atoms. The zero-order chi connectivity index (χ0) is 43.3. The minimum absolute atomic E-state index is 0. The third-order valence-corrected chi connectivity index (χ3v) is 10.3. The molecule has 11 aromatic rings. The Morgan fingerprint density at radius 3 is 1.31 bits per heavy atom. The Labute approximate surface area is 381 Å². The molecule has 0 atom stereocenters. The van der Waals surface area contributed by atoms with Gasteiger partial charge in [-0.05, 0) is 54.7 Å². The molecule has 0 amide bonds. The summed E-state index contributed by atoms with van der Waals surface area (Å²) in [6.07, 6.45) is 0. The second-order valence-corrected chi connectivity index (χ2v) is 14.2. The van der Waals surface area contributed by atoms with Crippen molar-refractivity contribution in [1.82, 2.24) is 39.8 Å². The second-order valence-electron chi connectivity index (χ2n) is 14.2. The number of benzene rings is 8. The van der Waals surface area contributed by atoms with E-state index in [-0.39, 0.29) is 37.3 Å². The van der Waals surface area contributed by atoms with Crippen molar-refractivity contribution >= 4 is 49.4 Å². The fraction of sp³-hybridized carbons (Fsp3) is 0.0588. The maximum atomic E-state index is 12.5. The predicted molar refractivity (Wildman–Crippen MR) is 243 cm³/mol. The van der Waals surface area contributed by atoms with Crippen molar-refractivity contribution in [2.75, 3.05) is 14.2 Å². The summed E-state index contributed by atoms with van der Waals surface area (Å²) >= 11 is 0. The molecule has 0 spiro atoms. The van der Waals surface area contributed by atoms with Gasteiger partial charge in [0.15, 0.2) is 5.78 Å². The Morgan fingerprint density at radius 1 is 0.516 bits per heavy atom. The number of carbonyl (C=O) groups excluding carboxylic acids is 1. The molecule has 1 radical (unpaired) electrons. The minimum Gasteiger partial charge on any atom is -0.554 e. The van der Waals surface area contributed by atoms with Crippen molar-refractivity contribution in [1.29, 1.82) is 0 Å². The largest absolute Gasteiger partial charge is 0.554 e. The topological polar surface area (TPSA) is 135 Å². The average Bonchev–Trinajstić information content (AvgIpc) is 4.06. The van der Waals surface area contributed by atoms with Crippen LogP contribution >= 0.6 is 0 Å². The van der Waals surface area contributed by atoms with Gasteiger partial charge < -0.3 is 14.6 Å². The smallest absolute Gasteiger partial charge is 0.225 e. The van der Waals surface area contributed by atoms with Crippen molar-refractivity contribution in [3.05, 3.63) is 199 Å². The SMILES string of the molecule is COc1c[c-]c(-n2nc3ccccc3n2)c2ccccc12.COc1c[c-]c(-n2nc3ccccc3n2)c2ccccc12.Cc1nn(-c2ccccc2)c(O)c1C(=O)c1ccccc1.[Ir]. The Balaban J connectivity index is 0.000000130. The Bertz CT molecular complexity index is 3160. The van der Waals surface area contributed by atoms with Crippen LogP contribution in [-0.4, -0.2) is 64.9 Å². The van der Waals surface area contributed by atoms with Crippen molar-refractivity contribution < 1.29 is 39.5 Å². The van der Waals surface area contributed by atoms with Crippen LogP contribution in [0.5, 0.6) is 17.4 Å². The molecule has 11 rings (SSSR count). The molecule has 64 heavy (non-hydrogen) atoms. The zero-order valence-electron chi connectivity index (χ0n) is 34.7. The minimum atomic E-state index is -0.229. The average molecular weight is 1020 g/mol. The maximum Gasteiger partial charge on any atom is 0.225 e. The Hall–Kier alpha value is -7.99. The molecule has 8 aromatic carbocycles. The van der Waals surface area contributed by atoms with Gasteiger partial charge in [0.25, 0.3) is 0 Å². The van der Waals surface area contributed by atoms with Crippen LogP contribution in [0.4, 0.5) is 0 Å². The van der Waals surface area contributed by atoms with E-state index in [1.54, 1.807) is 55.0 Å². The fourth-order valence-corrected chi connectivity index (χ4v) is 7.24. The van der Waals surface area contributed by atoms with E-state index < -0.39 is 0 Å². The normalized spacial score (nSPS) is 10.7. The summed E-state index contributed by atoms with van der Waals surface area (Å²) in [7, 11) is 3.32. The summed E-state index contributed by atoms with van der Waals surface area (Å²) in [5, 5.41) is 36.8. The molecule has 12 nitrogen and oxygen atoms in total. The summed E-state index contributed by atoms with van der Waals surface area (Å²) in [5.74, 6) is 1.23. The van der Waals surface area contributed by atoms with Gasteiger partial charge in [-0.25, -0.2) is 4.68 Å². The molecule has 317 valence electrons. The molecule has 0 unspecified atom stereocenters. The van der Waals surface area contributed by atoms with Gasteiger partial charge in [0.05, 0.1) is 25.6 Å². The third-order valence-electron chi connectivity index (χ3n) is 10.3. The van der Waals surface area contributed by atoms with Gasteiger partial charge in [-0.2, -0.15) is 47.2 Å². The molecule has 13 heteroatoms. The quantitative estimate of drug-likeness (QED) is 0.122. The summed E-state index contributed by atoms with van der Waals surface area (Å²) in [6.45, 7) is 1.72. The van der Waals surface area contributed by atoms with Gasteiger partial charge in [0.2, 0.25) is 5.88 Å². The van der Waals surface area contributed by atoms with Crippen LogP contribution in [0.1, 0.15) is 21.6 Å². The standard InChI is InChI=1S/2C17H12N3O.C17H14N2O2.Ir/c2*1-21-17-11-10-16(12-6-2-3-7-13(12)17)20-18-14-8-4-5-9-15(14)19-20;1-12-15(16(20)13-8-4-2-5-9-13)17(21)19(18-12)14-10-6-3-7-11-14;/h2*2-9,11H,1H3;2-11,21H,1H3;/q2*-1;;. The van der Waals surface area contributed by atoms with Gasteiger partial charge in [0.1, 0.15) is 27.6 Å². The first-order chi connectivity index (χ1) is 30.9. The van der Waals surface area contributed by atoms with Crippen LogP contribution in [-0.2, 0) is 20.1 Å². The van der Waals surface area contributed by atoms with Gasteiger partial charge in [-0.15, -0.1) is 24.3 Å². The van der Waals surface area contributed by atoms with Crippen molar-refractivity contribution in [3.63, 3.8) is 0 Å². The van der Waals surface area contributed by atoms with Crippen LogP contribution in [0.25, 0.3) is 60.7 Å². The molecule has 0 saturated heterocycles. The number of ether oxygens (including phenoxy) is 2. The van der Waals surface area contributed by atoms with Crippen molar-refractivity contribution in [2.45, 2.75) is 6.92 Å². The number of aromatic hydroxyl groups is 1. The third kappa shape index (κ3) is 8.45. The molecule has 0 aliphatic rings. The van der Waals surface area contributed by atoms with Crippen molar-refractivity contribution in [3.8, 4) is 34.4 Å². The number of aromatic nitrogens is 8. The van der Waals surface area contributed by atoms with E-state index >= 15 is 0 Å². The summed E-state index contributed by atoms with van der Waals surface area (Å²) in [4.78, 5) is 15.8.